The van der Waals surface area contributed by atoms with Gasteiger partial charge in [-0.15, -0.1) is 0 Å². The van der Waals surface area contributed by atoms with Crippen LogP contribution in [0.1, 0.15) is 23.7 Å². The van der Waals surface area contributed by atoms with E-state index in [0.717, 1.165) is 23.0 Å². The number of rotatable bonds is 5. The topological polar surface area (TPSA) is 50.9 Å². The summed E-state index contributed by atoms with van der Waals surface area (Å²) in [6.45, 7) is 0. The van der Waals surface area contributed by atoms with Gasteiger partial charge in [0.1, 0.15) is 0 Å². The van der Waals surface area contributed by atoms with Crippen LogP contribution in [0.5, 0.6) is 0 Å². The van der Waals surface area contributed by atoms with Crippen LogP contribution in [0, 0.1) is 0 Å². The second-order valence-corrected chi connectivity index (χ2v) is 4.97. The molecule has 0 radical (unpaired) electrons. The van der Waals surface area contributed by atoms with Gasteiger partial charge in [0.2, 0.25) is 0 Å². The Balaban J connectivity index is 2.04. The average Bonchev–Trinajstić information content (AvgIpc) is 2.42. The lowest BCUT2D eigenvalue weighted by atomic mass is 10.0. The van der Waals surface area contributed by atoms with Crippen molar-refractivity contribution < 1.29 is 0 Å². The quantitative estimate of drug-likeness (QED) is 0.659. The van der Waals surface area contributed by atoms with Gasteiger partial charge in [0.05, 0.1) is 11.7 Å². The molecule has 1 unspecified atom stereocenters. The van der Waals surface area contributed by atoms with Gasteiger partial charge in [0, 0.05) is 10.7 Å². The number of aromatic nitrogens is 1. The highest BCUT2D eigenvalue weighted by Crippen LogP contribution is 2.23. The lowest BCUT2D eigenvalue weighted by Crippen LogP contribution is -2.29. The Morgan fingerprint density at radius 1 is 1.17 bits per heavy atom. The number of nitrogens with two attached hydrogens (primary N) is 1. The van der Waals surface area contributed by atoms with Crippen LogP contribution in [0.25, 0.3) is 0 Å². The predicted molar refractivity (Wildman–Crippen MR) is 76.8 cm³/mol. The van der Waals surface area contributed by atoms with Crippen molar-refractivity contribution >= 4 is 15.9 Å². The summed E-state index contributed by atoms with van der Waals surface area (Å²) in [6.07, 6.45) is 3.67. The number of hydrogen-bond donors (Lipinski definition) is 2. The molecule has 18 heavy (non-hydrogen) atoms. The highest BCUT2D eigenvalue weighted by molar-refractivity contribution is 9.10. The summed E-state index contributed by atoms with van der Waals surface area (Å²) in [5.74, 6) is 5.63. The highest BCUT2D eigenvalue weighted by Gasteiger charge is 2.13. The molecular weight excluding hydrogens is 290 g/mol. The van der Waals surface area contributed by atoms with Crippen LogP contribution in [-0.2, 0) is 6.42 Å². The van der Waals surface area contributed by atoms with Gasteiger partial charge in [-0.1, -0.05) is 30.3 Å². The molecule has 1 atom stereocenters. The maximum absolute atomic E-state index is 5.63. The SMILES string of the molecule is NNC(CCc1ccccc1)c1ncccc1Br. The number of hydrogen-bond acceptors (Lipinski definition) is 3. The summed E-state index contributed by atoms with van der Waals surface area (Å²) in [6, 6.07) is 14.3. The monoisotopic (exact) mass is 305 g/mol. The third kappa shape index (κ3) is 3.38. The number of hydrazine groups is 1. The van der Waals surface area contributed by atoms with Crippen molar-refractivity contribution in [3.05, 3.63) is 64.4 Å². The number of aryl methyl sites for hydroxylation is 1. The second kappa shape index (κ2) is 6.64. The first-order chi connectivity index (χ1) is 8.81. The molecule has 0 bridgehead atoms. The highest BCUT2D eigenvalue weighted by atomic mass is 79.9. The molecule has 2 rings (SSSR count). The lowest BCUT2D eigenvalue weighted by molar-refractivity contribution is 0.502. The van der Waals surface area contributed by atoms with Crippen LogP contribution >= 0.6 is 15.9 Å². The predicted octanol–water partition coefficient (Wildman–Crippen LogP) is 2.98. The molecule has 0 aliphatic carbocycles. The van der Waals surface area contributed by atoms with Gasteiger partial charge in [-0.2, -0.15) is 0 Å². The minimum absolute atomic E-state index is 0.0563. The van der Waals surface area contributed by atoms with E-state index in [9.17, 15) is 0 Å². The fourth-order valence-corrected chi connectivity index (χ4v) is 2.44. The Hall–Kier alpha value is -1.23. The molecule has 1 aromatic heterocycles. The Bertz CT molecular complexity index is 487. The van der Waals surface area contributed by atoms with Gasteiger partial charge in [-0.25, -0.2) is 0 Å². The summed E-state index contributed by atoms with van der Waals surface area (Å²) in [5.41, 5.74) is 5.10. The van der Waals surface area contributed by atoms with Crippen LogP contribution in [0.3, 0.4) is 0 Å². The minimum Gasteiger partial charge on any atom is -0.271 e. The number of halogens is 1. The van der Waals surface area contributed by atoms with Crippen LogP contribution in [0.4, 0.5) is 0 Å². The van der Waals surface area contributed by atoms with Crippen LogP contribution in [0.15, 0.2) is 53.1 Å². The third-order valence-corrected chi connectivity index (χ3v) is 3.55. The van der Waals surface area contributed by atoms with Crippen LogP contribution in [-0.4, -0.2) is 4.98 Å². The van der Waals surface area contributed by atoms with Crippen molar-refractivity contribution in [3.8, 4) is 0 Å². The van der Waals surface area contributed by atoms with E-state index in [-0.39, 0.29) is 6.04 Å². The van der Waals surface area contributed by atoms with E-state index in [1.54, 1.807) is 6.20 Å². The van der Waals surface area contributed by atoms with Crippen molar-refractivity contribution in [2.24, 2.45) is 5.84 Å². The molecule has 0 amide bonds. The molecule has 1 heterocycles. The zero-order valence-corrected chi connectivity index (χ0v) is 11.6. The molecule has 0 aliphatic rings. The van der Waals surface area contributed by atoms with Crippen LogP contribution < -0.4 is 11.3 Å². The average molecular weight is 306 g/mol. The fraction of sp³-hybridized carbons (Fsp3) is 0.214. The molecule has 0 fully saturated rings. The van der Waals surface area contributed by atoms with Gasteiger partial charge >= 0.3 is 0 Å². The minimum atomic E-state index is 0.0563. The van der Waals surface area contributed by atoms with E-state index in [2.05, 4.69) is 50.6 Å². The third-order valence-electron chi connectivity index (χ3n) is 2.88. The molecule has 0 aliphatic heterocycles. The first-order valence-corrected chi connectivity index (χ1v) is 6.71. The molecule has 0 saturated carbocycles. The van der Waals surface area contributed by atoms with Gasteiger partial charge < -0.3 is 0 Å². The second-order valence-electron chi connectivity index (χ2n) is 4.11. The zero-order chi connectivity index (χ0) is 12.8. The van der Waals surface area contributed by atoms with Gasteiger partial charge in [-0.3, -0.25) is 16.3 Å². The molecular formula is C14H16BrN3. The van der Waals surface area contributed by atoms with E-state index in [4.69, 9.17) is 5.84 Å². The maximum Gasteiger partial charge on any atom is 0.0728 e. The number of benzene rings is 1. The van der Waals surface area contributed by atoms with Crippen molar-refractivity contribution in [1.29, 1.82) is 0 Å². The van der Waals surface area contributed by atoms with Crippen molar-refractivity contribution in [2.75, 3.05) is 0 Å². The maximum atomic E-state index is 5.63. The number of pyridine rings is 1. The van der Waals surface area contributed by atoms with E-state index < -0.39 is 0 Å². The summed E-state index contributed by atoms with van der Waals surface area (Å²) in [5, 5.41) is 0. The Morgan fingerprint density at radius 3 is 2.61 bits per heavy atom. The molecule has 3 nitrogen and oxygen atoms in total. The fourth-order valence-electron chi connectivity index (χ4n) is 1.91. The summed E-state index contributed by atoms with van der Waals surface area (Å²) in [4.78, 5) is 4.37. The molecule has 0 saturated heterocycles. The first kappa shape index (κ1) is 13.2. The van der Waals surface area contributed by atoms with E-state index >= 15 is 0 Å². The number of nitrogens with zero attached hydrogens (tertiary/aromatic N) is 1. The summed E-state index contributed by atoms with van der Waals surface area (Å²) < 4.78 is 0.987. The Morgan fingerprint density at radius 2 is 1.94 bits per heavy atom. The Labute approximate surface area is 116 Å². The molecule has 94 valence electrons. The normalized spacial score (nSPS) is 12.3. The Kier molecular flexibility index (Phi) is 4.87. The molecule has 4 heteroatoms. The van der Waals surface area contributed by atoms with E-state index in [1.165, 1.54) is 5.56 Å². The molecule has 3 N–H and O–H groups in total. The first-order valence-electron chi connectivity index (χ1n) is 5.91. The number of nitrogens with one attached hydrogen (secondary N) is 1. The summed E-state index contributed by atoms with van der Waals surface area (Å²) in [7, 11) is 0. The standard InChI is InChI=1S/C14H16BrN3/c15-12-7-4-10-17-14(12)13(18-16)9-8-11-5-2-1-3-6-11/h1-7,10,13,18H,8-9,16H2. The van der Waals surface area contributed by atoms with Crippen molar-refractivity contribution in [1.82, 2.24) is 10.4 Å². The molecule has 2 aromatic rings. The van der Waals surface area contributed by atoms with Crippen molar-refractivity contribution in [3.63, 3.8) is 0 Å². The molecule has 1 aromatic carbocycles. The van der Waals surface area contributed by atoms with E-state index in [1.807, 2.05) is 18.2 Å². The lowest BCUT2D eigenvalue weighted by Gasteiger charge is -2.16. The van der Waals surface area contributed by atoms with Crippen LogP contribution in [0.2, 0.25) is 0 Å². The van der Waals surface area contributed by atoms with E-state index in [0.29, 0.717) is 0 Å². The smallest absolute Gasteiger partial charge is 0.0728 e. The molecule has 0 spiro atoms. The van der Waals surface area contributed by atoms with Gasteiger partial charge in [0.25, 0.3) is 0 Å². The summed E-state index contributed by atoms with van der Waals surface area (Å²) >= 11 is 3.51. The zero-order valence-electron chi connectivity index (χ0n) is 10.0. The van der Waals surface area contributed by atoms with Gasteiger partial charge in [0.15, 0.2) is 0 Å². The van der Waals surface area contributed by atoms with Gasteiger partial charge in [-0.05, 0) is 46.5 Å². The van der Waals surface area contributed by atoms with Crippen molar-refractivity contribution in [2.45, 2.75) is 18.9 Å². The largest absolute Gasteiger partial charge is 0.271 e.